The van der Waals surface area contributed by atoms with Gasteiger partial charge in [0.25, 0.3) is 0 Å². The Bertz CT molecular complexity index is 727. The summed E-state index contributed by atoms with van der Waals surface area (Å²) >= 11 is 6.08. The molecule has 1 aromatic carbocycles. The minimum atomic E-state index is -0.182. The van der Waals surface area contributed by atoms with Crippen LogP contribution in [-0.2, 0) is 11.3 Å². The van der Waals surface area contributed by atoms with Crippen molar-refractivity contribution in [1.82, 2.24) is 9.78 Å². The van der Waals surface area contributed by atoms with Crippen LogP contribution in [0.4, 0.5) is 5.69 Å². The number of carbonyl (C=O) groups is 1. The van der Waals surface area contributed by atoms with E-state index >= 15 is 0 Å². The maximum absolute atomic E-state index is 12.1. The van der Waals surface area contributed by atoms with E-state index in [9.17, 15) is 4.79 Å². The number of rotatable bonds is 3. The Balaban J connectivity index is 1.70. The molecule has 116 valence electrons. The third-order valence-corrected chi connectivity index (χ3v) is 3.96. The number of nitrogens with zero attached hydrogens (tertiary/aromatic N) is 2. The van der Waals surface area contributed by atoms with Gasteiger partial charge in [0.05, 0.1) is 16.4 Å². The predicted molar refractivity (Wildman–Crippen MR) is 82.8 cm³/mol. The molecule has 0 atom stereocenters. The van der Waals surface area contributed by atoms with Crippen molar-refractivity contribution in [2.75, 3.05) is 18.5 Å². The number of hydrogen-bond donors (Lipinski definition) is 1. The van der Waals surface area contributed by atoms with Gasteiger partial charge in [0, 0.05) is 11.8 Å². The molecule has 0 saturated carbocycles. The standard InChI is InChI=1S/C15H16ClN3O3/c1-9-15(16)10(2)19(18-9)8-14(20)17-11-3-4-12-13(7-11)22-6-5-21-12/h3-4,7H,5-6,8H2,1-2H3,(H,17,20). The van der Waals surface area contributed by atoms with E-state index in [0.717, 1.165) is 5.69 Å². The van der Waals surface area contributed by atoms with E-state index < -0.39 is 0 Å². The number of benzene rings is 1. The monoisotopic (exact) mass is 321 g/mol. The zero-order valence-corrected chi connectivity index (χ0v) is 13.1. The number of nitrogens with one attached hydrogen (secondary N) is 1. The molecular formula is C15H16ClN3O3. The number of aromatic nitrogens is 2. The first kappa shape index (κ1) is 14.7. The third-order valence-electron chi connectivity index (χ3n) is 3.41. The fraction of sp³-hybridized carbons (Fsp3) is 0.333. The van der Waals surface area contributed by atoms with Crippen LogP contribution >= 0.6 is 11.6 Å². The van der Waals surface area contributed by atoms with Gasteiger partial charge < -0.3 is 14.8 Å². The van der Waals surface area contributed by atoms with Crippen LogP contribution in [-0.4, -0.2) is 28.9 Å². The number of amides is 1. The third kappa shape index (κ3) is 2.87. The topological polar surface area (TPSA) is 65.4 Å². The van der Waals surface area contributed by atoms with Gasteiger partial charge in [-0.15, -0.1) is 0 Å². The van der Waals surface area contributed by atoms with Crippen molar-refractivity contribution in [3.8, 4) is 11.5 Å². The molecule has 3 rings (SSSR count). The van der Waals surface area contributed by atoms with Crippen molar-refractivity contribution in [2.45, 2.75) is 20.4 Å². The van der Waals surface area contributed by atoms with Gasteiger partial charge >= 0.3 is 0 Å². The molecule has 2 aromatic rings. The van der Waals surface area contributed by atoms with E-state index in [1.54, 1.807) is 22.9 Å². The van der Waals surface area contributed by atoms with Gasteiger partial charge in [-0.05, 0) is 26.0 Å². The summed E-state index contributed by atoms with van der Waals surface area (Å²) in [6, 6.07) is 5.31. The second-order valence-corrected chi connectivity index (χ2v) is 5.43. The average molecular weight is 322 g/mol. The minimum Gasteiger partial charge on any atom is -0.486 e. The number of halogens is 1. The van der Waals surface area contributed by atoms with Crippen LogP contribution < -0.4 is 14.8 Å². The van der Waals surface area contributed by atoms with Crippen molar-refractivity contribution >= 4 is 23.2 Å². The van der Waals surface area contributed by atoms with E-state index in [4.69, 9.17) is 21.1 Å². The summed E-state index contributed by atoms with van der Waals surface area (Å²) in [5.41, 5.74) is 2.14. The molecule has 6 nitrogen and oxygen atoms in total. The SMILES string of the molecule is Cc1nn(CC(=O)Nc2ccc3c(c2)OCCO3)c(C)c1Cl. The highest BCUT2D eigenvalue weighted by molar-refractivity contribution is 6.31. The molecule has 0 bridgehead atoms. The number of carbonyl (C=O) groups excluding carboxylic acids is 1. The Morgan fingerprint density at radius 1 is 1.32 bits per heavy atom. The van der Waals surface area contributed by atoms with Crippen LogP contribution in [0.1, 0.15) is 11.4 Å². The summed E-state index contributed by atoms with van der Waals surface area (Å²) in [5.74, 6) is 1.15. The number of hydrogen-bond acceptors (Lipinski definition) is 4. The second-order valence-electron chi connectivity index (χ2n) is 5.05. The van der Waals surface area contributed by atoms with Crippen molar-refractivity contribution in [2.24, 2.45) is 0 Å². The molecule has 0 unspecified atom stereocenters. The molecular weight excluding hydrogens is 306 g/mol. The number of aryl methyl sites for hydroxylation is 1. The summed E-state index contributed by atoms with van der Waals surface area (Å²) < 4.78 is 12.5. The molecule has 0 aliphatic carbocycles. The second kappa shape index (κ2) is 5.88. The zero-order valence-electron chi connectivity index (χ0n) is 12.4. The van der Waals surface area contributed by atoms with E-state index in [2.05, 4.69) is 10.4 Å². The maximum atomic E-state index is 12.1. The molecule has 7 heteroatoms. The highest BCUT2D eigenvalue weighted by Crippen LogP contribution is 2.32. The summed E-state index contributed by atoms with van der Waals surface area (Å²) in [7, 11) is 0. The van der Waals surface area contributed by atoms with Crippen LogP contribution in [0.3, 0.4) is 0 Å². The Kier molecular flexibility index (Phi) is 3.94. The minimum absolute atomic E-state index is 0.105. The average Bonchev–Trinajstić information content (AvgIpc) is 2.74. The molecule has 0 radical (unpaired) electrons. The Morgan fingerprint density at radius 2 is 2.05 bits per heavy atom. The van der Waals surface area contributed by atoms with E-state index in [-0.39, 0.29) is 12.5 Å². The van der Waals surface area contributed by atoms with Gasteiger partial charge in [0.15, 0.2) is 11.5 Å². The largest absolute Gasteiger partial charge is 0.486 e. The van der Waals surface area contributed by atoms with Crippen molar-refractivity contribution in [1.29, 1.82) is 0 Å². The van der Waals surface area contributed by atoms with Gasteiger partial charge in [-0.3, -0.25) is 9.48 Å². The predicted octanol–water partition coefficient (Wildman–Crippen LogP) is 2.56. The summed E-state index contributed by atoms with van der Waals surface area (Å²) in [5, 5.41) is 7.65. The zero-order chi connectivity index (χ0) is 15.7. The number of fused-ring (bicyclic) bond motifs is 1. The van der Waals surface area contributed by atoms with Crippen molar-refractivity contribution in [3.63, 3.8) is 0 Å². The molecule has 1 aliphatic heterocycles. The molecule has 0 spiro atoms. The summed E-state index contributed by atoms with van der Waals surface area (Å²) in [6.07, 6.45) is 0. The molecule has 1 aliphatic rings. The lowest BCUT2D eigenvalue weighted by Gasteiger charge is -2.19. The lowest BCUT2D eigenvalue weighted by atomic mass is 10.2. The number of ether oxygens (including phenoxy) is 2. The van der Waals surface area contributed by atoms with E-state index in [0.29, 0.717) is 41.1 Å². The Labute approximate surface area is 133 Å². The summed E-state index contributed by atoms with van der Waals surface area (Å²) in [6.45, 7) is 4.80. The van der Waals surface area contributed by atoms with Crippen LogP contribution in [0, 0.1) is 13.8 Å². The molecule has 0 fully saturated rings. The quantitative estimate of drug-likeness (QED) is 0.943. The van der Waals surface area contributed by atoms with Gasteiger partial charge in [-0.25, -0.2) is 0 Å². The molecule has 1 aromatic heterocycles. The van der Waals surface area contributed by atoms with Gasteiger partial charge in [-0.2, -0.15) is 5.10 Å². The first-order chi connectivity index (χ1) is 10.5. The lowest BCUT2D eigenvalue weighted by molar-refractivity contribution is -0.116. The number of anilines is 1. The van der Waals surface area contributed by atoms with Crippen LogP contribution in [0.25, 0.3) is 0 Å². The van der Waals surface area contributed by atoms with Crippen LogP contribution in [0.15, 0.2) is 18.2 Å². The summed E-state index contributed by atoms with van der Waals surface area (Å²) in [4.78, 5) is 12.1. The smallest absolute Gasteiger partial charge is 0.246 e. The van der Waals surface area contributed by atoms with E-state index in [1.165, 1.54) is 0 Å². The first-order valence-corrected chi connectivity index (χ1v) is 7.31. The van der Waals surface area contributed by atoms with Crippen molar-refractivity contribution < 1.29 is 14.3 Å². The van der Waals surface area contributed by atoms with Crippen LogP contribution in [0.2, 0.25) is 5.02 Å². The molecule has 1 N–H and O–H groups in total. The van der Waals surface area contributed by atoms with Crippen LogP contribution in [0.5, 0.6) is 11.5 Å². The highest BCUT2D eigenvalue weighted by Gasteiger charge is 2.15. The fourth-order valence-electron chi connectivity index (χ4n) is 2.29. The van der Waals surface area contributed by atoms with Gasteiger partial charge in [-0.1, -0.05) is 11.6 Å². The van der Waals surface area contributed by atoms with Gasteiger partial charge in [0.2, 0.25) is 5.91 Å². The lowest BCUT2D eigenvalue weighted by Crippen LogP contribution is -2.21. The maximum Gasteiger partial charge on any atom is 0.246 e. The molecule has 22 heavy (non-hydrogen) atoms. The molecule has 0 saturated heterocycles. The fourth-order valence-corrected chi connectivity index (χ4v) is 2.42. The van der Waals surface area contributed by atoms with Gasteiger partial charge in [0.1, 0.15) is 19.8 Å². The molecule has 2 heterocycles. The Hall–Kier alpha value is -2.21. The van der Waals surface area contributed by atoms with E-state index in [1.807, 2.05) is 13.8 Å². The molecule has 1 amide bonds. The first-order valence-electron chi connectivity index (χ1n) is 6.93. The highest BCUT2D eigenvalue weighted by atomic mass is 35.5. The van der Waals surface area contributed by atoms with Crippen molar-refractivity contribution in [3.05, 3.63) is 34.6 Å². The Morgan fingerprint density at radius 3 is 2.73 bits per heavy atom. The normalized spacial score (nSPS) is 13.0.